The predicted molar refractivity (Wildman–Crippen MR) is 64.2 cm³/mol. The maximum Gasteiger partial charge on any atom is 0.411 e. The van der Waals surface area contributed by atoms with Crippen molar-refractivity contribution in [1.82, 2.24) is 9.55 Å². The van der Waals surface area contributed by atoms with Crippen LogP contribution >= 0.6 is 0 Å². The van der Waals surface area contributed by atoms with Gasteiger partial charge < -0.3 is 19.8 Å². The molecule has 9 heteroatoms. The minimum absolute atomic E-state index is 0.0415. The Kier molecular flexibility index (Phi) is 5.37. The highest BCUT2D eigenvalue weighted by molar-refractivity contribution is 5.92. The zero-order chi connectivity index (χ0) is 15.3. The number of methoxy groups -OCH3 is 1. The average Bonchev–Trinajstić information content (AvgIpc) is 2.69. The van der Waals surface area contributed by atoms with Gasteiger partial charge in [0.15, 0.2) is 5.69 Å². The first kappa shape index (κ1) is 16.3. The standard InChI is InChI=1S/C11H16F3N3O3/c1-3-7-16-8(10(18)19-2)9(15)17(7)4-5-20-6-11(12,13)14/h3-6,15H2,1-2H3. The quantitative estimate of drug-likeness (QED) is 0.634. The van der Waals surface area contributed by atoms with Gasteiger partial charge in [-0.25, -0.2) is 9.78 Å². The number of anilines is 1. The molecule has 0 saturated heterocycles. The summed E-state index contributed by atoms with van der Waals surface area (Å²) >= 11 is 0. The van der Waals surface area contributed by atoms with Gasteiger partial charge in [0.25, 0.3) is 0 Å². The Bertz CT molecular complexity index is 471. The van der Waals surface area contributed by atoms with Crippen molar-refractivity contribution < 1.29 is 27.4 Å². The van der Waals surface area contributed by atoms with E-state index in [-0.39, 0.29) is 24.7 Å². The van der Waals surface area contributed by atoms with Gasteiger partial charge in [0, 0.05) is 13.0 Å². The number of carbonyl (C=O) groups excluding carboxylic acids is 1. The lowest BCUT2D eigenvalue weighted by molar-refractivity contribution is -0.174. The minimum atomic E-state index is -4.37. The van der Waals surface area contributed by atoms with Crippen LogP contribution < -0.4 is 5.73 Å². The Morgan fingerprint density at radius 2 is 2.10 bits per heavy atom. The second kappa shape index (κ2) is 6.60. The molecule has 0 fully saturated rings. The molecular formula is C11H16F3N3O3. The second-order valence-electron chi connectivity index (χ2n) is 3.93. The molecule has 0 aromatic carbocycles. The maximum atomic E-state index is 11.9. The fraction of sp³-hybridized carbons (Fsp3) is 0.636. The van der Waals surface area contributed by atoms with Crippen molar-refractivity contribution in [2.24, 2.45) is 0 Å². The first-order valence-corrected chi connectivity index (χ1v) is 5.87. The van der Waals surface area contributed by atoms with Crippen molar-refractivity contribution in [1.29, 1.82) is 0 Å². The normalized spacial score (nSPS) is 11.7. The third-order valence-corrected chi connectivity index (χ3v) is 2.51. The van der Waals surface area contributed by atoms with E-state index in [1.54, 1.807) is 6.92 Å². The lowest BCUT2D eigenvalue weighted by Gasteiger charge is -2.10. The number of nitrogen functional groups attached to an aromatic ring is 1. The number of hydrogen-bond acceptors (Lipinski definition) is 5. The van der Waals surface area contributed by atoms with Gasteiger partial charge in [0.05, 0.1) is 13.7 Å². The molecule has 0 saturated carbocycles. The number of alkyl halides is 3. The Hall–Kier alpha value is -1.77. The molecule has 1 aromatic heterocycles. The molecule has 20 heavy (non-hydrogen) atoms. The van der Waals surface area contributed by atoms with Crippen LogP contribution in [0.15, 0.2) is 0 Å². The van der Waals surface area contributed by atoms with E-state index in [0.29, 0.717) is 12.2 Å². The Labute approximate surface area is 113 Å². The summed E-state index contributed by atoms with van der Waals surface area (Å²) in [5.41, 5.74) is 5.70. The van der Waals surface area contributed by atoms with E-state index in [2.05, 4.69) is 14.5 Å². The van der Waals surface area contributed by atoms with Crippen LogP contribution in [-0.2, 0) is 22.4 Å². The van der Waals surface area contributed by atoms with Crippen molar-refractivity contribution in [3.05, 3.63) is 11.5 Å². The van der Waals surface area contributed by atoms with Gasteiger partial charge in [-0.05, 0) is 0 Å². The van der Waals surface area contributed by atoms with Crippen LogP contribution in [0.4, 0.5) is 19.0 Å². The Morgan fingerprint density at radius 1 is 1.45 bits per heavy atom. The van der Waals surface area contributed by atoms with Crippen LogP contribution in [0.1, 0.15) is 23.2 Å². The number of aryl methyl sites for hydroxylation is 1. The molecule has 1 aromatic rings. The highest BCUT2D eigenvalue weighted by Gasteiger charge is 2.27. The Balaban J connectivity index is 2.74. The van der Waals surface area contributed by atoms with Crippen LogP contribution in [0.2, 0.25) is 0 Å². The summed E-state index contributed by atoms with van der Waals surface area (Å²) in [6, 6.07) is 0. The van der Waals surface area contributed by atoms with Gasteiger partial charge in [-0.2, -0.15) is 13.2 Å². The zero-order valence-electron chi connectivity index (χ0n) is 11.2. The molecule has 114 valence electrons. The first-order chi connectivity index (χ1) is 9.30. The highest BCUT2D eigenvalue weighted by Crippen LogP contribution is 2.17. The molecule has 0 aliphatic rings. The smallest absolute Gasteiger partial charge is 0.411 e. The van der Waals surface area contributed by atoms with Crippen molar-refractivity contribution in [2.45, 2.75) is 26.1 Å². The summed E-state index contributed by atoms with van der Waals surface area (Å²) in [5, 5.41) is 0. The van der Waals surface area contributed by atoms with Crippen molar-refractivity contribution >= 4 is 11.8 Å². The number of carbonyl (C=O) groups is 1. The molecule has 0 amide bonds. The highest BCUT2D eigenvalue weighted by atomic mass is 19.4. The van der Waals surface area contributed by atoms with E-state index >= 15 is 0 Å². The molecule has 2 N–H and O–H groups in total. The van der Waals surface area contributed by atoms with Gasteiger partial charge in [-0.15, -0.1) is 0 Å². The van der Waals surface area contributed by atoms with Crippen molar-refractivity contribution in [3.63, 3.8) is 0 Å². The molecule has 0 atom stereocenters. The van der Waals surface area contributed by atoms with E-state index in [0.717, 1.165) is 0 Å². The van der Waals surface area contributed by atoms with Crippen LogP contribution in [0.25, 0.3) is 0 Å². The number of nitrogens with two attached hydrogens (primary N) is 1. The number of nitrogens with zero attached hydrogens (tertiary/aromatic N) is 2. The monoisotopic (exact) mass is 295 g/mol. The van der Waals surface area contributed by atoms with E-state index in [1.165, 1.54) is 11.7 Å². The minimum Gasteiger partial charge on any atom is -0.464 e. The lowest BCUT2D eigenvalue weighted by Crippen LogP contribution is -2.20. The molecular weight excluding hydrogens is 279 g/mol. The average molecular weight is 295 g/mol. The van der Waals surface area contributed by atoms with E-state index < -0.39 is 18.8 Å². The van der Waals surface area contributed by atoms with Gasteiger partial charge in [0.1, 0.15) is 18.2 Å². The summed E-state index contributed by atoms with van der Waals surface area (Å²) in [6.07, 6.45) is -3.90. The molecule has 0 unspecified atom stereocenters. The summed E-state index contributed by atoms with van der Waals surface area (Å²) in [5.74, 6) is -0.144. The molecule has 0 aliphatic carbocycles. The number of imidazole rings is 1. The summed E-state index contributed by atoms with van der Waals surface area (Å²) < 4.78 is 46.3. The number of aromatic nitrogens is 2. The number of esters is 1. The SMILES string of the molecule is CCc1nc(C(=O)OC)c(N)n1CCOCC(F)(F)F. The molecule has 6 nitrogen and oxygen atoms in total. The van der Waals surface area contributed by atoms with Crippen molar-refractivity contribution in [2.75, 3.05) is 26.1 Å². The fourth-order valence-electron chi connectivity index (χ4n) is 1.62. The van der Waals surface area contributed by atoms with Crippen LogP contribution in [0, 0.1) is 0 Å². The van der Waals surface area contributed by atoms with E-state index in [4.69, 9.17) is 5.73 Å². The Morgan fingerprint density at radius 3 is 2.60 bits per heavy atom. The van der Waals surface area contributed by atoms with Gasteiger partial charge in [-0.3, -0.25) is 0 Å². The second-order valence-corrected chi connectivity index (χ2v) is 3.93. The van der Waals surface area contributed by atoms with Crippen molar-refractivity contribution in [3.8, 4) is 0 Å². The summed E-state index contributed by atoms with van der Waals surface area (Å²) in [4.78, 5) is 15.4. The molecule has 0 aliphatic heterocycles. The lowest BCUT2D eigenvalue weighted by atomic mass is 10.4. The number of hydrogen-bond donors (Lipinski definition) is 1. The maximum absolute atomic E-state index is 11.9. The fourth-order valence-corrected chi connectivity index (χ4v) is 1.62. The van der Waals surface area contributed by atoms with Gasteiger partial charge >= 0.3 is 12.1 Å². The van der Waals surface area contributed by atoms with Crippen LogP contribution in [0.3, 0.4) is 0 Å². The first-order valence-electron chi connectivity index (χ1n) is 5.87. The van der Waals surface area contributed by atoms with E-state index in [1.807, 2.05) is 0 Å². The number of rotatable bonds is 6. The summed E-state index contributed by atoms with van der Waals surface area (Å²) in [6.45, 7) is 0.353. The van der Waals surface area contributed by atoms with Crippen LogP contribution in [-0.4, -0.2) is 42.0 Å². The number of halogens is 3. The van der Waals surface area contributed by atoms with Crippen LogP contribution in [0.5, 0.6) is 0 Å². The number of ether oxygens (including phenoxy) is 2. The van der Waals surface area contributed by atoms with E-state index in [9.17, 15) is 18.0 Å². The molecule has 1 rings (SSSR count). The van der Waals surface area contributed by atoms with Gasteiger partial charge in [0.2, 0.25) is 0 Å². The predicted octanol–water partition coefficient (Wildman–Crippen LogP) is 1.39. The largest absolute Gasteiger partial charge is 0.464 e. The topological polar surface area (TPSA) is 79.4 Å². The molecule has 0 spiro atoms. The third kappa shape index (κ3) is 4.12. The zero-order valence-corrected chi connectivity index (χ0v) is 11.2. The molecule has 1 heterocycles. The summed E-state index contributed by atoms with van der Waals surface area (Å²) in [7, 11) is 1.19. The van der Waals surface area contributed by atoms with Gasteiger partial charge in [-0.1, -0.05) is 6.92 Å². The molecule has 0 bridgehead atoms. The third-order valence-electron chi connectivity index (χ3n) is 2.51. The molecule has 0 radical (unpaired) electrons.